The summed E-state index contributed by atoms with van der Waals surface area (Å²) in [5, 5.41) is 2.96. The lowest BCUT2D eigenvalue weighted by Gasteiger charge is -2.09. The molecule has 2 amide bonds. The van der Waals surface area contributed by atoms with Crippen molar-refractivity contribution in [2.45, 2.75) is 39.8 Å². The van der Waals surface area contributed by atoms with Crippen molar-refractivity contribution in [3.8, 4) is 0 Å². The third-order valence-electron chi connectivity index (χ3n) is 3.53. The summed E-state index contributed by atoms with van der Waals surface area (Å²) in [6, 6.07) is 10.4. The van der Waals surface area contributed by atoms with Gasteiger partial charge >= 0.3 is 6.03 Å². The van der Waals surface area contributed by atoms with E-state index in [9.17, 15) is 4.79 Å². The number of urea groups is 1. The smallest absolute Gasteiger partial charge is 0.314 e. The summed E-state index contributed by atoms with van der Waals surface area (Å²) < 4.78 is 0. The van der Waals surface area contributed by atoms with Crippen LogP contribution >= 0.6 is 0 Å². The first-order valence-electron chi connectivity index (χ1n) is 6.66. The highest BCUT2D eigenvalue weighted by atomic mass is 16.2. The van der Waals surface area contributed by atoms with Crippen molar-refractivity contribution >= 4 is 11.7 Å². The van der Waals surface area contributed by atoms with Gasteiger partial charge in [-0.1, -0.05) is 45.9 Å². The molecule has 0 bridgehead atoms. The number of hydrogen-bond acceptors (Lipinski definition) is 1. The fourth-order valence-electron chi connectivity index (χ4n) is 2.68. The minimum atomic E-state index is 0.0265. The Morgan fingerprint density at radius 2 is 1.56 bits per heavy atom. The number of nitrogens with one attached hydrogen (secondary N) is 1. The monoisotopic (exact) mass is 246 g/mol. The van der Waals surface area contributed by atoms with Crippen LogP contribution in [0.2, 0.25) is 0 Å². The number of carbonyl (C=O) groups is 1. The van der Waals surface area contributed by atoms with E-state index in [1.54, 1.807) is 0 Å². The van der Waals surface area contributed by atoms with Gasteiger partial charge in [0.15, 0.2) is 0 Å². The van der Waals surface area contributed by atoms with Gasteiger partial charge in [0.05, 0.1) is 12.1 Å². The van der Waals surface area contributed by atoms with Crippen LogP contribution in [-0.2, 0) is 0 Å². The van der Waals surface area contributed by atoms with Crippen molar-refractivity contribution in [2.75, 3.05) is 5.32 Å². The van der Waals surface area contributed by atoms with Crippen LogP contribution in [0.25, 0.3) is 0 Å². The largest absolute Gasteiger partial charge is 0.322 e. The molecule has 0 radical (unpaired) electrons. The summed E-state index contributed by atoms with van der Waals surface area (Å²) >= 11 is 0. The van der Waals surface area contributed by atoms with E-state index in [0.717, 1.165) is 5.69 Å². The van der Waals surface area contributed by atoms with Gasteiger partial charge in [0.1, 0.15) is 0 Å². The van der Waals surface area contributed by atoms with Gasteiger partial charge < -0.3 is 10.2 Å². The molecule has 1 aliphatic rings. The molecular formula is C15H22N2O. The predicted molar refractivity (Wildman–Crippen MR) is 74.6 cm³/mol. The standard InChI is InChI=1S/C15H22N2O/c1-10(2)13-14(11(3)4)17(13)15(18)16-12-8-6-5-7-9-12/h5-11,13-14H,1-4H3,(H,16,18). The van der Waals surface area contributed by atoms with Crippen molar-refractivity contribution in [1.82, 2.24) is 4.90 Å². The first-order chi connectivity index (χ1) is 8.52. The first-order valence-corrected chi connectivity index (χ1v) is 6.66. The molecule has 18 heavy (non-hydrogen) atoms. The molecule has 98 valence electrons. The fraction of sp³-hybridized carbons (Fsp3) is 0.533. The SMILES string of the molecule is CC(C)C1C(C(C)C)N1C(=O)Nc1ccccc1. The zero-order valence-electron chi connectivity index (χ0n) is 11.6. The number of nitrogens with zero attached hydrogens (tertiary/aromatic N) is 1. The molecule has 0 spiro atoms. The molecule has 2 unspecified atom stereocenters. The number of hydrogen-bond donors (Lipinski definition) is 1. The van der Waals surface area contributed by atoms with Crippen molar-refractivity contribution < 1.29 is 4.79 Å². The van der Waals surface area contributed by atoms with Gasteiger partial charge in [0, 0.05) is 5.69 Å². The maximum atomic E-state index is 12.2. The molecule has 1 aliphatic heterocycles. The third kappa shape index (κ3) is 2.50. The van der Waals surface area contributed by atoms with Crippen LogP contribution in [0.5, 0.6) is 0 Å². The van der Waals surface area contributed by atoms with Crippen LogP contribution in [0.4, 0.5) is 10.5 Å². The predicted octanol–water partition coefficient (Wildman–Crippen LogP) is 3.58. The minimum absolute atomic E-state index is 0.0265. The number of anilines is 1. The minimum Gasteiger partial charge on any atom is -0.314 e. The number of carbonyl (C=O) groups excluding carboxylic acids is 1. The highest BCUT2D eigenvalue weighted by Gasteiger charge is 2.53. The Morgan fingerprint density at radius 3 is 2.00 bits per heavy atom. The fourth-order valence-corrected chi connectivity index (χ4v) is 2.68. The molecule has 1 fully saturated rings. The van der Waals surface area contributed by atoms with Crippen LogP contribution < -0.4 is 5.32 Å². The van der Waals surface area contributed by atoms with Gasteiger partial charge in [-0.15, -0.1) is 0 Å². The lowest BCUT2D eigenvalue weighted by atomic mass is 10.0. The van der Waals surface area contributed by atoms with E-state index in [0.29, 0.717) is 23.9 Å². The van der Waals surface area contributed by atoms with Gasteiger partial charge in [-0.05, 0) is 24.0 Å². The number of para-hydroxylation sites is 1. The Labute approximate surface area is 109 Å². The summed E-state index contributed by atoms with van der Waals surface area (Å²) in [5.41, 5.74) is 0.861. The van der Waals surface area contributed by atoms with Crippen molar-refractivity contribution in [3.05, 3.63) is 30.3 Å². The zero-order chi connectivity index (χ0) is 13.3. The molecule has 3 heteroatoms. The van der Waals surface area contributed by atoms with E-state index < -0.39 is 0 Å². The van der Waals surface area contributed by atoms with E-state index in [4.69, 9.17) is 0 Å². The second-order valence-electron chi connectivity index (χ2n) is 5.67. The van der Waals surface area contributed by atoms with Gasteiger partial charge in [-0.2, -0.15) is 0 Å². The molecule has 0 aromatic heterocycles. The summed E-state index contributed by atoms with van der Waals surface area (Å²) in [5.74, 6) is 1.03. The molecule has 0 aliphatic carbocycles. The van der Waals surface area contributed by atoms with Crippen molar-refractivity contribution in [1.29, 1.82) is 0 Å². The van der Waals surface area contributed by atoms with E-state index >= 15 is 0 Å². The molecule has 1 aromatic carbocycles. The normalized spacial score (nSPS) is 22.4. The topological polar surface area (TPSA) is 32.1 Å². The highest BCUT2D eigenvalue weighted by Crippen LogP contribution is 2.39. The van der Waals surface area contributed by atoms with Gasteiger partial charge in [0.25, 0.3) is 0 Å². The van der Waals surface area contributed by atoms with E-state index in [1.807, 2.05) is 35.2 Å². The molecule has 1 aromatic rings. The summed E-state index contributed by atoms with van der Waals surface area (Å²) in [7, 11) is 0. The number of amides is 2. The average Bonchev–Trinajstić information content (AvgIpc) is 3.05. The Morgan fingerprint density at radius 1 is 1.06 bits per heavy atom. The van der Waals surface area contributed by atoms with Crippen LogP contribution in [0, 0.1) is 11.8 Å². The molecule has 1 saturated heterocycles. The second kappa shape index (κ2) is 5.01. The summed E-state index contributed by atoms with van der Waals surface area (Å²) in [6.45, 7) is 8.71. The molecule has 1 heterocycles. The summed E-state index contributed by atoms with van der Waals surface area (Å²) in [4.78, 5) is 14.2. The Bertz CT molecular complexity index is 400. The van der Waals surface area contributed by atoms with E-state index in [-0.39, 0.29) is 6.03 Å². The molecular weight excluding hydrogens is 224 g/mol. The molecule has 1 N–H and O–H groups in total. The van der Waals surface area contributed by atoms with Gasteiger partial charge in [-0.3, -0.25) is 0 Å². The third-order valence-corrected chi connectivity index (χ3v) is 3.53. The Kier molecular flexibility index (Phi) is 3.60. The van der Waals surface area contributed by atoms with Gasteiger partial charge in [0.2, 0.25) is 0 Å². The van der Waals surface area contributed by atoms with Crippen molar-refractivity contribution in [3.63, 3.8) is 0 Å². The first kappa shape index (κ1) is 12.9. The van der Waals surface area contributed by atoms with Crippen LogP contribution in [0.15, 0.2) is 30.3 Å². The van der Waals surface area contributed by atoms with Crippen LogP contribution in [-0.4, -0.2) is 23.0 Å². The maximum Gasteiger partial charge on any atom is 0.322 e. The molecule has 2 rings (SSSR count). The Hall–Kier alpha value is -1.51. The zero-order valence-corrected chi connectivity index (χ0v) is 11.6. The quantitative estimate of drug-likeness (QED) is 0.812. The van der Waals surface area contributed by atoms with Crippen LogP contribution in [0.3, 0.4) is 0 Å². The molecule has 3 nitrogen and oxygen atoms in total. The maximum absolute atomic E-state index is 12.2. The highest BCUT2D eigenvalue weighted by molar-refractivity contribution is 5.91. The lowest BCUT2D eigenvalue weighted by molar-refractivity contribution is 0.234. The second-order valence-corrected chi connectivity index (χ2v) is 5.67. The molecule has 0 saturated carbocycles. The number of rotatable bonds is 3. The van der Waals surface area contributed by atoms with Crippen molar-refractivity contribution in [2.24, 2.45) is 11.8 Å². The summed E-state index contributed by atoms with van der Waals surface area (Å²) in [6.07, 6.45) is 0. The van der Waals surface area contributed by atoms with E-state index in [1.165, 1.54) is 0 Å². The lowest BCUT2D eigenvalue weighted by Crippen LogP contribution is -2.23. The van der Waals surface area contributed by atoms with Gasteiger partial charge in [-0.25, -0.2) is 4.79 Å². The van der Waals surface area contributed by atoms with E-state index in [2.05, 4.69) is 33.0 Å². The Balaban J connectivity index is 2.02. The van der Waals surface area contributed by atoms with Crippen LogP contribution in [0.1, 0.15) is 27.7 Å². The molecule has 2 atom stereocenters. The number of benzene rings is 1. The average molecular weight is 246 g/mol.